The first-order chi connectivity index (χ1) is 14.0. The van der Waals surface area contributed by atoms with Crippen molar-refractivity contribution in [3.63, 3.8) is 0 Å². The Balaban J connectivity index is 1.49. The SMILES string of the molecule is Cc1cccc(O[C@H](C)C(=O)Nc2ccc3oc(-c4ccccc4)nc3c2)c1Cl. The number of hydrogen-bond acceptors (Lipinski definition) is 4. The fourth-order valence-electron chi connectivity index (χ4n) is 2.91. The lowest BCUT2D eigenvalue weighted by Crippen LogP contribution is -2.30. The zero-order chi connectivity index (χ0) is 20.4. The molecule has 146 valence electrons. The van der Waals surface area contributed by atoms with Gasteiger partial charge < -0.3 is 14.5 Å². The van der Waals surface area contributed by atoms with Crippen molar-refractivity contribution in [2.45, 2.75) is 20.0 Å². The topological polar surface area (TPSA) is 64.4 Å². The fraction of sp³-hybridized carbons (Fsp3) is 0.130. The van der Waals surface area contributed by atoms with Crippen LogP contribution in [0.1, 0.15) is 12.5 Å². The van der Waals surface area contributed by atoms with E-state index in [2.05, 4.69) is 10.3 Å². The van der Waals surface area contributed by atoms with Crippen LogP contribution in [0.4, 0.5) is 5.69 Å². The molecular formula is C23H19ClN2O3. The van der Waals surface area contributed by atoms with Gasteiger partial charge in [0.2, 0.25) is 5.89 Å². The van der Waals surface area contributed by atoms with Gasteiger partial charge in [0.25, 0.3) is 5.91 Å². The normalized spacial score (nSPS) is 12.0. The van der Waals surface area contributed by atoms with Crippen LogP contribution in [-0.4, -0.2) is 17.0 Å². The molecule has 4 rings (SSSR count). The van der Waals surface area contributed by atoms with E-state index in [1.54, 1.807) is 31.2 Å². The van der Waals surface area contributed by atoms with Gasteiger partial charge >= 0.3 is 0 Å². The van der Waals surface area contributed by atoms with E-state index in [0.29, 0.717) is 33.4 Å². The summed E-state index contributed by atoms with van der Waals surface area (Å²) in [6.45, 7) is 3.56. The second-order valence-electron chi connectivity index (χ2n) is 6.70. The number of rotatable bonds is 5. The lowest BCUT2D eigenvalue weighted by Gasteiger charge is -2.16. The highest BCUT2D eigenvalue weighted by molar-refractivity contribution is 6.32. The van der Waals surface area contributed by atoms with Crippen LogP contribution in [-0.2, 0) is 4.79 Å². The van der Waals surface area contributed by atoms with E-state index in [1.165, 1.54) is 0 Å². The van der Waals surface area contributed by atoms with E-state index in [9.17, 15) is 4.79 Å². The highest BCUT2D eigenvalue weighted by atomic mass is 35.5. The first-order valence-electron chi connectivity index (χ1n) is 9.20. The third-order valence-corrected chi connectivity index (χ3v) is 4.99. The number of carbonyl (C=O) groups excluding carboxylic acids is 1. The minimum absolute atomic E-state index is 0.284. The fourth-order valence-corrected chi connectivity index (χ4v) is 3.08. The number of oxazole rings is 1. The standard InChI is InChI=1S/C23H19ClN2O3/c1-14-7-6-10-20(21(14)24)28-15(2)22(27)25-17-11-12-19-18(13-17)26-23(29-19)16-8-4-3-5-9-16/h3-13,15H,1-2H3,(H,25,27)/t15-/m1/s1. The molecule has 0 aliphatic heterocycles. The monoisotopic (exact) mass is 406 g/mol. The molecule has 5 nitrogen and oxygen atoms in total. The maximum Gasteiger partial charge on any atom is 0.265 e. The van der Waals surface area contributed by atoms with E-state index in [1.807, 2.05) is 49.4 Å². The van der Waals surface area contributed by atoms with Crippen molar-refractivity contribution >= 4 is 34.3 Å². The average molecular weight is 407 g/mol. The summed E-state index contributed by atoms with van der Waals surface area (Å²) in [7, 11) is 0. The number of nitrogens with zero attached hydrogens (tertiary/aromatic N) is 1. The van der Waals surface area contributed by atoms with E-state index in [-0.39, 0.29) is 5.91 Å². The molecule has 1 atom stereocenters. The largest absolute Gasteiger partial charge is 0.479 e. The molecule has 1 aromatic heterocycles. The molecule has 1 amide bonds. The Morgan fingerprint density at radius 2 is 1.90 bits per heavy atom. The summed E-state index contributed by atoms with van der Waals surface area (Å²) in [5, 5.41) is 3.35. The van der Waals surface area contributed by atoms with Gasteiger partial charge in [0.1, 0.15) is 11.3 Å². The summed E-state index contributed by atoms with van der Waals surface area (Å²) in [6, 6.07) is 20.5. The summed E-state index contributed by atoms with van der Waals surface area (Å²) in [5.41, 5.74) is 3.71. The molecule has 0 unspecified atom stereocenters. The van der Waals surface area contributed by atoms with Crippen LogP contribution in [0.5, 0.6) is 5.75 Å². The molecule has 0 aliphatic carbocycles. The van der Waals surface area contributed by atoms with Gasteiger partial charge in [-0.1, -0.05) is 41.9 Å². The lowest BCUT2D eigenvalue weighted by molar-refractivity contribution is -0.122. The second kappa shape index (κ2) is 7.97. The van der Waals surface area contributed by atoms with Gasteiger partial charge in [0, 0.05) is 11.3 Å². The molecule has 1 heterocycles. The number of hydrogen-bond donors (Lipinski definition) is 1. The smallest absolute Gasteiger partial charge is 0.265 e. The first kappa shape index (κ1) is 19.0. The molecule has 0 aliphatic rings. The Labute approximate surface area is 173 Å². The van der Waals surface area contributed by atoms with Crippen LogP contribution in [0.3, 0.4) is 0 Å². The Kier molecular flexibility index (Phi) is 5.23. The zero-order valence-corrected chi connectivity index (χ0v) is 16.7. The third kappa shape index (κ3) is 4.10. The van der Waals surface area contributed by atoms with Crippen molar-refractivity contribution in [1.82, 2.24) is 4.98 Å². The number of fused-ring (bicyclic) bond motifs is 1. The Morgan fingerprint density at radius 1 is 1.10 bits per heavy atom. The maximum atomic E-state index is 12.6. The van der Waals surface area contributed by atoms with E-state index in [0.717, 1.165) is 11.1 Å². The molecule has 3 aromatic carbocycles. The van der Waals surface area contributed by atoms with Crippen molar-refractivity contribution in [3.05, 3.63) is 77.3 Å². The zero-order valence-electron chi connectivity index (χ0n) is 16.0. The minimum Gasteiger partial charge on any atom is -0.479 e. The van der Waals surface area contributed by atoms with Crippen molar-refractivity contribution < 1.29 is 13.9 Å². The molecule has 4 aromatic rings. The molecule has 29 heavy (non-hydrogen) atoms. The molecule has 1 N–H and O–H groups in total. The van der Waals surface area contributed by atoms with Crippen LogP contribution in [0.2, 0.25) is 5.02 Å². The number of amides is 1. The predicted octanol–water partition coefficient (Wildman–Crippen LogP) is 5.86. The van der Waals surface area contributed by atoms with Gasteiger partial charge in [0.15, 0.2) is 11.7 Å². The molecule has 0 radical (unpaired) electrons. The van der Waals surface area contributed by atoms with Crippen molar-refractivity contribution in [1.29, 1.82) is 0 Å². The van der Waals surface area contributed by atoms with E-state index >= 15 is 0 Å². The van der Waals surface area contributed by atoms with Crippen LogP contribution in [0.15, 0.2) is 71.1 Å². The summed E-state index contributed by atoms with van der Waals surface area (Å²) < 4.78 is 11.5. The highest BCUT2D eigenvalue weighted by Crippen LogP contribution is 2.29. The van der Waals surface area contributed by atoms with Gasteiger partial charge in [-0.25, -0.2) is 4.98 Å². The summed E-state index contributed by atoms with van der Waals surface area (Å²) in [5.74, 6) is 0.734. The van der Waals surface area contributed by atoms with Crippen LogP contribution >= 0.6 is 11.6 Å². The quantitative estimate of drug-likeness (QED) is 0.450. The number of aryl methyl sites for hydroxylation is 1. The van der Waals surface area contributed by atoms with Gasteiger partial charge in [-0.3, -0.25) is 4.79 Å². The van der Waals surface area contributed by atoms with Gasteiger partial charge in [-0.15, -0.1) is 0 Å². The number of benzene rings is 3. The first-order valence-corrected chi connectivity index (χ1v) is 9.58. The van der Waals surface area contributed by atoms with Crippen LogP contribution < -0.4 is 10.1 Å². The predicted molar refractivity (Wildman–Crippen MR) is 114 cm³/mol. The van der Waals surface area contributed by atoms with Crippen molar-refractivity contribution in [2.75, 3.05) is 5.32 Å². The Morgan fingerprint density at radius 3 is 2.69 bits per heavy atom. The lowest BCUT2D eigenvalue weighted by atomic mass is 10.2. The average Bonchev–Trinajstić information content (AvgIpc) is 3.15. The van der Waals surface area contributed by atoms with E-state index in [4.69, 9.17) is 20.8 Å². The molecule has 0 saturated carbocycles. The van der Waals surface area contributed by atoms with Crippen molar-refractivity contribution in [3.8, 4) is 17.2 Å². The Bertz CT molecular complexity index is 1170. The maximum absolute atomic E-state index is 12.6. The highest BCUT2D eigenvalue weighted by Gasteiger charge is 2.17. The van der Waals surface area contributed by atoms with E-state index < -0.39 is 6.10 Å². The molecule has 0 bridgehead atoms. The third-order valence-electron chi connectivity index (χ3n) is 4.51. The molecule has 0 saturated heterocycles. The number of aromatic nitrogens is 1. The number of nitrogens with one attached hydrogen (secondary N) is 1. The number of anilines is 1. The number of carbonyl (C=O) groups is 1. The summed E-state index contributed by atoms with van der Waals surface area (Å²) >= 11 is 6.24. The van der Waals surface area contributed by atoms with Gasteiger partial charge in [0.05, 0.1) is 5.02 Å². The van der Waals surface area contributed by atoms with Gasteiger partial charge in [-0.2, -0.15) is 0 Å². The molecular weight excluding hydrogens is 388 g/mol. The Hall–Kier alpha value is -3.31. The number of halogens is 1. The van der Waals surface area contributed by atoms with Crippen LogP contribution in [0, 0.1) is 6.92 Å². The molecule has 0 spiro atoms. The molecule has 6 heteroatoms. The van der Waals surface area contributed by atoms with Gasteiger partial charge in [-0.05, 0) is 55.8 Å². The van der Waals surface area contributed by atoms with Crippen LogP contribution in [0.25, 0.3) is 22.6 Å². The number of ether oxygens (including phenoxy) is 1. The summed E-state index contributed by atoms with van der Waals surface area (Å²) in [4.78, 5) is 17.1. The molecule has 0 fully saturated rings. The van der Waals surface area contributed by atoms with Crippen molar-refractivity contribution in [2.24, 2.45) is 0 Å². The minimum atomic E-state index is -0.720. The summed E-state index contributed by atoms with van der Waals surface area (Å²) in [6.07, 6.45) is -0.720. The second-order valence-corrected chi connectivity index (χ2v) is 7.08.